The first-order valence-electron chi connectivity index (χ1n) is 6.36. The highest BCUT2D eigenvalue weighted by Crippen LogP contribution is 2.20. The number of likely N-dealkylation sites (tertiary alicyclic amines) is 1. The highest BCUT2D eigenvalue weighted by atomic mass is 16.2. The molecule has 1 aliphatic heterocycles. The molecule has 0 saturated carbocycles. The lowest BCUT2D eigenvalue weighted by Crippen LogP contribution is -2.45. The number of hydrogen-bond acceptors (Lipinski definition) is 2. The number of nitrogens with one attached hydrogen (secondary N) is 1. The van der Waals surface area contributed by atoms with Crippen molar-refractivity contribution in [1.82, 2.24) is 9.88 Å². The number of piperidine rings is 1. The van der Waals surface area contributed by atoms with E-state index in [1.54, 1.807) is 0 Å². The number of hydrogen-bond donors (Lipinski definition) is 2. The summed E-state index contributed by atoms with van der Waals surface area (Å²) in [5.41, 5.74) is 7.59. The molecule has 1 atom stereocenters. The Labute approximate surface area is 106 Å². The van der Waals surface area contributed by atoms with Crippen LogP contribution in [-0.4, -0.2) is 34.9 Å². The second kappa shape index (κ2) is 4.46. The Hall–Kier alpha value is -1.81. The lowest BCUT2D eigenvalue weighted by molar-refractivity contribution is 0.0710. The van der Waals surface area contributed by atoms with Crippen LogP contribution >= 0.6 is 0 Å². The Balaban J connectivity index is 1.94. The number of nitrogens with two attached hydrogens (primary N) is 1. The molecule has 1 aromatic heterocycles. The van der Waals surface area contributed by atoms with Crippen LogP contribution in [0, 0.1) is 0 Å². The van der Waals surface area contributed by atoms with Crippen LogP contribution in [0.25, 0.3) is 10.9 Å². The SMILES string of the molecule is N[C@@H]1CCCN(C(=O)c2cccc3cc[nH]c23)C1. The summed E-state index contributed by atoms with van der Waals surface area (Å²) in [5, 5.41) is 1.07. The van der Waals surface area contributed by atoms with Crippen LogP contribution in [0.5, 0.6) is 0 Å². The predicted octanol–water partition coefficient (Wildman–Crippen LogP) is 1.73. The maximum absolute atomic E-state index is 12.5. The van der Waals surface area contributed by atoms with Crippen LogP contribution in [0.4, 0.5) is 0 Å². The zero-order valence-electron chi connectivity index (χ0n) is 10.2. The van der Waals surface area contributed by atoms with Gasteiger partial charge in [-0.15, -0.1) is 0 Å². The van der Waals surface area contributed by atoms with Crippen LogP contribution in [0.2, 0.25) is 0 Å². The second-order valence-corrected chi connectivity index (χ2v) is 4.90. The van der Waals surface area contributed by atoms with Gasteiger partial charge in [0.05, 0.1) is 11.1 Å². The monoisotopic (exact) mass is 243 g/mol. The van der Waals surface area contributed by atoms with E-state index in [2.05, 4.69) is 4.98 Å². The van der Waals surface area contributed by atoms with E-state index in [1.165, 1.54) is 0 Å². The number of amides is 1. The molecule has 0 unspecified atom stereocenters. The lowest BCUT2D eigenvalue weighted by atomic mass is 10.0. The molecule has 2 heterocycles. The number of carbonyl (C=O) groups is 1. The third kappa shape index (κ3) is 1.88. The van der Waals surface area contributed by atoms with Crippen LogP contribution in [0.3, 0.4) is 0 Å². The first-order chi connectivity index (χ1) is 8.75. The van der Waals surface area contributed by atoms with E-state index in [0.717, 1.165) is 35.9 Å². The van der Waals surface area contributed by atoms with Crippen molar-refractivity contribution in [3.05, 3.63) is 36.0 Å². The zero-order valence-corrected chi connectivity index (χ0v) is 10.2. The third-order valence-electron chi connectivity index (χ3n) is 3.56. The van der Waals surface area contributed by atoms with Crippen molar-refractivity contribution in [3.63, 3.8) is 0 Å². The molecule has 1 aliphatic rings. The highest BCUT2D eigenvalue weighted by Gasteiger charge is 2.23. The Bertz CT molecular complexity index is 575. The smallest absolute Gasteiger partial charge is 0.256 e. The van der Waals surface area contributed by atoms with E-state index in [-0.39, 0.29) is 11.9 Å². The maximum atomic E-state index is 12.5. The molecule has 0 spiro atoms. The van der Waals surface area contributed by atoms with Gasteiger partial charge < -0.3 is 15.6 Å². The minimum Gasteiger partial charge on any atom is -0.361 e. The van der Waals surface area contributed by atoms with Gasteiger partial charge in [-0.2, -0.15) is 0 Å². The molecule has 0 radical (unpaired) electrons. The van der Waals surface area contributed by atoms with E-state index < -0.39 is 0 Å². The summed E-state index contributed by atoms with van der Waals surface area (Å²) in [6.45, 7) is 1.47. The van der Waals surface area contributed by atoms with Crippen molar-refractivity contribution >= 4 is 16.8 Å². The topological polar surface area (TPSA) is 62.1 Å². The van der Waals surface area contributed by atoms with Crippen LogP contribution in [0.1, 0.15) is 23.2 Å². The summed E-state index contributed by atoms with van der Waals surface area (Å²) in [6, 6.07) is 7.90. The number of para-hydroxylation sites is 1. The molecule has 18 heavy (non-hydrogen) atoms. The van der Waals surface area contributed by atoms with Gasteiger partial charge >= 0.3 is 0 Å². The standard InChI is InChI=1S/C14H17N3O/c15-11-4-2-8-17(9-11)14(18)12-5-1-3-10-6-7-16-13(10)12/h1,3,5-7,11,16H,2,4,8-9,15H2/t11-/m1/s1. The molecular formula is C14H17N3O. The van der Waals surface area contributed by atoms with Crippen molar-refractivity contribution in [2.75, 3.05) is 13.1 Å². The van der Waals surface area contributed by atoms with Gasteiger partial charge in [0.1, 0.15) is 0 Å². The molecule has 1 fully saturated rings. The minimum atomic E-state index is 0.0817. The number of aromatic amines is 1. The molecule has 1 saturated heterocycles. The van der Waals surface area contributed by atoms with Crippen molar-refractivity contribution in [2.45, 2.75) is 18.9 Å². The minimum absolute atomic E-state index is 0.0817. The molecular weight excluding hydrogens is 226 g/mol. The largest absolute Gasteiger partial charge is 0.361 e. The highest BCUT2D eigenvalue weighted by molar-refractivity contribution is 6.05. The van der Waals surface area contributed by atoms with Gasteiger partial charge in [-0.25, -0.2) is 0 Å². The van der Waals surface area contributed by atoms with Crippen LogP contribution in [0.15, 0.2) is 30.5 Å². The number of H-pyrrole nitrogens is 1. The van der Waals surface area contributed by atoms with E-state index in [4.69, 9.17) is 5.73 Å². The van der Waals surface area contributed by atoms with E-state index in [1.807, 2.05) is 35.4 Å². The normalized spacial score (nSPS) is 20.3. The van der Waals surface area contributed by atoms with E-state index >= 15 is 0 Å². The number of nitrogens with zero attached hydrogens (tertiary/aromatic N) is 1. The Kier molecular flexibility index (Phi) is 2.80. The number of carbonyl (C=O) groups excluding carboxylic acids is 1. The second-order valence-electron chi connectivity index (χ2n) is 4.90. The molecule has 2 aromatic rings. The molecule has 1 amide bonds. The van der Waals surface area contributed by atoms with Crippen molar-refractivity contribution in [3.8, 4) is 0 Å². The van der Waals surface area contributed by atoms with E-state index in [9.17, 15) is 4.79 Å². The molecule has 1 aromatic carbocycles. The molecule has 94 valence electrons. The van der Waals surface area contributed by atoms with Gasteiger partial charge in [-0.3, -0.25) is 4.79 Å². The Morgan fingerprint density at radius 3 is 3.11 bits per heavy atom. The fraction of sp³-hybridized carbons (Fsp3) is 0.357. The maximum Gasteiger partial charge on any atom is 0.256 e. The molecule has 4 nitrogen and oxygen atoms in total. The van der Waals surface area contributed by atoms with Gasteiger partial charge in [-0.05, 0) is 25.0 Å². The molecule has 4 heteroatoms. The van der Waals surface area contributed by atoms with Crippen LogP contribution < -0.4 is 5.73 Å². The summed E-state index contributed by atoms with van der Waals surface area (Å²) < 4.78 is 0. The molecule has 0 aliphatic carbocycles. The molecule has 3 N–H and O–H groups in total. The number of fused-ring (bicyclic) bond motifs is 1. The average molecular weight is 243 g/mol. The van der Waals surface area contributed by atoms with Crippen molar-refractivity contribution in [2.24, 2.45) is 5.73 Å². The third-order valence-corrected chi connectivity index (χ3v) is 3.56. The fourth-order valence-electron chi connectivity index (χ4n) is 2.63. The van der Waals surface area contributed by atoms with Gasteiger partial charge in [0.25, 0.3) is 5.91 Å². The summed E-state index contributed by atoms with van der Waals surface area (Å²) >= 11 is 0. The Morgan fingerprint density at radius 2 is 2.28 bits per heavy atom. The average Bonchev–Trinajstić information content (AvgIpc) is 2.86. The summed E-state index contributed by atoms with van der Waals surface area (Å²) in [4.78, 5) is 17.5. The quantitative estimate of drug-likeness (QED) is 0.801. The summed E-state index contributed by atoms with van der Waals surface area (Å²) in [5.74, 6) is 0.0817. The summed E-state index contributed by atoms with van der Waals surface area (Å²) in [7, 11) is 0. The van der Waals surface area contributed by atoms with Gasteiger partial charge in [-0.1, -0.05) is 12.1 Å². The fourth-order valence-corrected chi connectivity index (χ4v) is 2.63. The van der Waals surface area contributed by atoms with Gasteiger partial charge in [0.2, 0.25) is 0 Å². The van der Waals surface area contributed by atoms with Gasteiger partial charge in [0.15, 0.2) is 0 Å². The van der Waals surface area contributed by atoms with Crippen molar-refractivity contribution in [1.29, 1.82) is 0 Å². The first-order valence-corrected chi connectivity index (χ1v) is 6.36. The first kappa shape index (κ1) is 11.3. The lowest BCUT2D eigenvalue weighted by Gasteiger charge is -2.30. The molecule has 3 rings (SSSR count). The zero-order chi connectivity index (χ0) is 12.5. The number of aromatic nitrogens is 1. The number of benzene rings is 1. The molecule has 0 bridgehead atoms. The van der Waals surface area contributed by atoms with Crippen LogP contribution in [-0.2, 0) is 0 Å². The van der Waals surface area contributed by atoms with Gasteiger partial charge in [0, 0.05) is 30.7 Å². The van der Waals surface area contributed by atoms with Crippen molar-refractivity contribution < 1.29 is 4.79 Å². The number of rotatable bonds is 1. The van der Waals surface area contributed by atoms with E-state index in [0.29, 0.717) is 6.54 Å². The Morgan fingerprint density at radius 1 is 1.39 bits per heavy atom. The predicted molar refractivity (Wildman–Crippen MR) is 71.4 cm³/mol. The summed E-state index contributed by atoms with van der Waals surface area (Å²) in [6.07, 6.45) is 3.87.